The molecule has 0 saturated heterocycles. The van der Waals surface area contributed by atoms with E-state index in [1.165, 1.54) is 11.3 Å². The molecule has 3 nitrogen and oxygen atoms in total. The number of rotatable bonds is 2. The molecule has 1 amide bonds. The third-order valence-electron chi connectivity index (χ3n) is 2.28. The van der Waals surface area contributed by atoms with Gasteiger partial charge in [-0.05, 0) is 46.6 Å². The molecule has 0 spiro atoms. The molecular formula is C12H11BrN2OS. The van der Waals surface area contributed by atoms with Crippen LogP contribution in [0.1, 0.15) is 15.9 Å². The maximum absolute atomic E-state index is 11.9. The predicted molar refractivity (Wildman–Crippen MR) is 75.6 cm³/mol. The summed E-state index contributed by atoms with van der Waals surface area (Å²) in [5.41, 5.74) is 8.74. The fourth-order valence-electron chi connectivity index (χ4n) is 1.42. The summed E-state index contributed by atoms with van der Waals surface area (Å²) >= 11 is 4.80. The number of nitrogens with two attached hydrogens (primary N) is 1. The minimum Gasteiger partial charge on any atom is -0.397 e. The largest absolute Gasteiger partial charge is 0.397 e. The Labute approximate surface area is 112 Å². The van der Waals surface area contributed by atoms with E-state index < -0.39 is 0 Å². The molecule has 0 atom stereocenters. The highest BCUT2D eigenvalue weighted by Crippen LogP contribution is 2.23. The molecule has 88 valence electrons. The van der Waals surface area contributed by atoms with Gasteiger partial charge in [0, 0.05) is 5.38 Å². The summed E-state index contributed by atoms with van der Waals surface area (Å²) in [7, 11) is 0. The molecule has 2 rings (SSSR count). The molecule has 5 heteroatoms. The van der Waals surface area contributed by atoms with Gasteiger partial charge >= 0.3 is 0 Å². The molecule has 0 radical (unpaired) electrons. The van der Waals surface area contributed by atoms with Crippen molar-refractivity contribution in [3.05, 3.63) is 44.6 Å². The summed E-state index contributed by atoms with van der Waals surface area (Å²) in [4.78, 5) is 11.9. The van der Waals surface area contributed by atoms with Crippen molar-refractivity contribution in [2.75, 3.05) is 11.1 Å². The first-order chi connectivity index (χ1) is 8.06. The van der Waals surface area contributed by atoms with Gasteiger partial charge in [0.05, 0.1) is 20.7 Å². The molecule has 1 heterocycles. The number of hydrogen-bond acceptors (Lipinski definition) is 3. The summed E-state index contributed by atoms with van der Waals surface area (Å²) in [5, 5.41) is 4.58. The summed E-state index contributed by atoms with van der Waals surface area (Å²) in [5.74, 6) is -0.150. The Balaban J connectivity index is 2.18. The van der Waals surface area contributed by atoms with E-state index in [4.69, 9.17) is 5.73 Å². The Bertz CT molecular complexity index is 565. The maximum Gasteiger partial charge on any atom is 0.256 e. The highest BCUT2D eigenvalue weighted by atomic mass is 79.9. The van der Waals surface area contributed by atoms with Gasteiger partial charge in [-0.1, -0.05) is 6.07 Å². The van der Waals surface area contributed by atoms with Gasteiger partial charge in [-0.3, -0.25) is 4.79 Å². The van der Waals surface area contributed by atoms with E-state index in [1.807, 2.05) is 25.1 Å². The van der Waals surface area contributed by atoms with E-state index >= 15 is 0 Å². The van der Waals surface area contributed by atoms with Crippen LogP contribution in [-0.4, -0.2) is 5.91 Å². The van der Waals surface area contributed by atoms with Gasteiger partial charge in [0.1, 0.15) is 0 Å². The van der Waals surface area contributed by atoms with E-state index in [1.54, 1.807) is 11.4 Å². The van der Waals surface area contributed by atoms with Crippen molar-refractivity contribution in [3.63, 3.8) is 0 Å². The normalized spacial score (nSPS) is 10.2. The molecule has 1 aromatic carbocycles. The van der Waals surface area contributed by atoms with Crippen LogP contribution in [0.5, 0.6) is 0 Å². The van der Waals surface area contributed by atoms with Crippen molar-refractivity contribution < 1.29 is 4.79 Å². The zero-order valence-corrected chi connectivity index (χ0v) is 11.6. The minimum absolute atomic E-state index is 0.150. The highest BCUT2D eigenvalue weighted by Gasteiger charge is 2.09. The van der Waals surface area contributed by atoms with Gasteiger partial charge in [-0.15, -0.1) is 11.3 Å². The second-order valence-electron chi connectivity index (χ2n) is 3.68. The molecule has 0 unspecified atom stereocenters. The first kappa shape index (κ1) is 12.1. The minimum atomic E-state index is -0.150. The van der Waals surface area contributed by atoms with Crippen molar-refractivity contribution in [1.29, 1.82) is 0 Å². The number of nitrogen functional groups attached to an aromatic ring is 1. The Morgan fingerprint density at radius 2 is 2.18 bits per heavy atom. The molecule has 0 aliphatic rings. The Morgan fingerprint density at radius 3 is 2.76 bits per heavy atom. The van der Waals surface area contributed by atoms with Crippen molar-refractivity contribution in [3.8, 4) is 0 Å². The fourth-order valence-corrected chi connectivity index (χ4v) is 2.56. The van der Waals surface area contributed by atoms with Gasteiger partial charge < -0.3 is 11.1 Å². The fraction of sp³-hybridized carbons (Fsp3) is 0.0833. The maximum atomic E-state index is 11.9. The molecule has 2 aromatic rings. The van der Waals surface area contributed by atoms with E-state index in [2.05, 4.69) is 21.2 Å². The molecule has 0 saturated carbocycles. The van der Waals surface area contributed by atoms with Crippen molar-refractivity contribution in [2.45, 2.75) is 6.92 Å². The standard InChI is InChI=1S/C12H11BrN2OS/c1-7-2-3-10(9(14)4-7)15-12(16)8-5-11(13)17-6-8/h2-6H,14H2,1H3,(H,15,16). The van der Waals surface area contributed by atoms with Gasteiger partial charge in [-0.2, -0.15) is 0 Å². The van der Waals surface area contributed by atoms with Crippen LogP contribution in [0.25, 0.3) is 0 Å². The SMILES string of the molecule is Cc1ccc(NC(=O)c2csc(Br)c2)c(N)c1. The number of thiophene rings is 1. The van der Waals surface area contributed by atoms with E-state index in [-0.39, 0.29) is 5.91 Å². The second-order valence-corrected chi connectivity index (χ2v) is 5.97. The number of carbonyl (C=O) groups is 1. The van der Waals surface area contributed by atoms with Crippen LogP contribution in [0.15, 0.2) is 33.4 Å². The second kappa shape index (κ2) is 4.89. The van der Waals surface area contributed by atoms with E-state index in [0.717, 1.165) is 9.35 Å². The van der Waals surface area contributed by atoms with E-state index in [0.29, 0.717) is 16.9 Å². The van der Waals surface area contributed by atoms with Crippen LogP contribution in [0.3, 0.4) is 0 Å². The number of aryl methyl sites for hydroxylation is 1. The first-order valence-corrected chi connectivity index (χ1v) is 6.65. The number of halogens is 1. The van der Waals surface area contributed by atoms with Crippen LogP contribution >= 0.6 is 27.3 Å². The average molecular weight is 311 g/mol. The van der Waals surface area contributed by atoms with Crippen molar-refractivity contribution >= 4 is 44.5 Å². The van der Waals surface area contributed by atoms with Gasteiger partial charge in [0.15, 0.2) is 0 Å². The average Bonchev–Trinajstić information content (AvgIpc) is 2.69. The summed E-state index contributed by atoms with van der Waals surface area (Å²) in [6.07, 6.45) is 0. The predicted octanol–water partition coefficient (Wildman–Crippen LogP) is 3.65. The molecule has 3 N–H and O–H groups in total. The number of anilines is 2. The molecular weight excluding hydrogens is 300 g/mol. The zero-order valence-electron chi connectivity index (χ0n) is 9.16. The van der Waals surface area contributed by atoms with Crippen LogP contribution < -0.4 is 11.1 Å². The number of amides is 1. The lowest BCUT2D eigenvalue weighted by molar-refractivity contribution is 0.102. The molecule has 0 aliphatic carbocycles. The highest BCUT2D eigenvalue weighted by molar-refractivity contribution is 9.11. The monoisotopic (exact) mass is 310 g/mol. The quantitative estimate of drug-likeness (QED) is 0.832. The van der Waals surface area contributed by atoms with Gasteiger partial charge in [0.2, 0.25) is 0 Å². The van der Waals surface area contributed by atoms with Gasteiger partial charge in [-0.25, -0.2) is 0 Å². The Kier molecular flexibility index (Phi) is 3.49. The number of carbonyl (C=O) groups excluding carboxylic acids is 1. The lowest BCUT2D eigenvalue weighted by Crippen LogP contribution is -2.12. The molecule has 0 aliphatic heterocycles. The van der Waals surface area contributed by atoms with Crippen molar-refractivity contribution in [1.82, 2.24) is 0 Å². The number of benzene rings is 1. The van der Waals surface area contributed by atoms with E-state index in [9.17, 15) is 4.79 Å². The Hall–Kier alpha value is -1.33. The summed E-state index contributed by atoms with van der Waals surface area (Å²) in [6.45, 7) is 1.96. The lowest BCUT2D eigenvalue weighted by Gasteiger charge is -2.07. The summed E-state index contributed by atoms with van der Waals surface area (Å²) in [6, 6.07) is 7.34. The number of nitrogens with one attached hydrogen (secondary N) is 1. The third-order valence-corrected chi connectivity index (χ3v) is 3.79. The smallest absolute Gasteiger partial charge is 0.256 e. The van der Waals surface area contributed by atoms with Crippen molar-refractivity contribution in [2.24, 2.45) is 0 Å². The first-order valence-electron chi connectivity index (χ1n) is 4.98. The molecule has 0 fully saturated rings. The van der Waals surface area contributed by atoms with Gasteiger partial charge in [0.25, 0.3) is 5.91 Å². The summed E-state index contributed by atoms with van der Waals surface area (Å²) < 4.78 is 0.930. The zero-order chi connectivity index (χ0) is 12.4. The van der Waals surface area contributed by atoms with Crippen LogP contribution in [0.2, 0.25) is 0 Å². The number of hydrogen-bond donors (Lipinski definition) is 2. The lowest BCUT2D eigenvalue weighted by atomic mass is 10.2. The van der Waals surface area contributed by atoms with Crippen LogP contribution in [-0.2, 0) is 0 Å². The topological polar surface area (TPSA) is 55.1 Å². The molecule has 17 heavy (non-hydrogen) atoms. The molecule has 0 bridgehead atoms. The third kappa shape index (κ3) is 2.87. The Morgan fingerprint density at radius 1 is 1.41 bits per heavy atom. The molecule has 1 aromatic heterocycles. The van der Waals surface area contributed by atoms with Crippen LogP contribution in [0, 0.1) is 6.92 Å². The van der Waals surface area contributed by atoms with Crippen LogP contribution in [0.4, 0.5) is 11.4 Å².